The zero-order valence-corrected chi connectivity index (χ0v) is 25.9. The Kier molecular flexibility index (Phi) is 5.56. The Balaban J connectivity index is 1.09. The Morgan fingerprint density at radius 2 is 1.58 bits per heavy atom. The van der Waals surface area contributed by atoms with E-state index in [1.54, 1.807) is 10.4 Å². The van der Waals surface area contributed by atoms with Gasteiger partial charge in [0, 0.05) is 49.2 Å². The number of rotatable bonds is 3. The van der Waals surface area contributed by atoms with Crippen LogP contribution in [-0.2, 0) is 12.8 Å². The van der Waals surface area contributed by atoms with Crippen LogP contribution in [0, 0.1) is 0 Å². The first-order valence-corrected chi connectivity index (χ1v) is 17.0. The molecule has 1 atom stereocenters. The monoisotopic (exact) mass is 596 g/mol. The van der Waals surface area contributed by atoms with E-state index in [2.05, 4.69) is 137 Å². The van der Waals surface area contributed by atoms with E-state index < -0.39 is 0 Å². The highest BCUT2D eigenvalue weighted by molar-refractivity contribution is 7.13. The maximum Gasteiger partial charge on any atom is 0.0538 e. The highest BCUT2D eigenvalue weighted by Crippen LogP contribution is 2.53. The molecule has 0 radical (unpaired) electrons. The lowest BCUT2D eigenvalue weighted by Crippen LogP contribution is -2.15. The lowest BCUT2D eigenvalue weighted by Gasteiger charge is -2.26. The summed E-state index contributed by atoms with van der Waals surface area (Å²) in [7, 11) is 0. The average molecular weight is 597 g/mol. The molecular weight excluding hydrogens is 565 g/mol. The maximum absolute atomic E-state index is 2.55. The van der Waals surface area contributed by atoms with Gasteiger partial charge >= 0.3 is 0 Å². The van der Waals surface area contributed by atoms with Gasteiger partial charge in [-0.25, -0.2) is 0 Å². The summed E-state index contributed by atoms with van der Waals surface area (Å²) in [5, 5.41) is 2.68. The lowest BCUT2D eigenvalue weighted by atomic mass is 9.84. The van der Waals surface area contributed by atoms with Crippen LogP contribution >= 0.6 is 11.3 Å². The topological polar surface area (TPSA) is 8.17 Å². The summed E-state index contributed by atoms with van der Waals surface area (Å²) >= 11 is 2.01. The molecule has 0 saturated carbocycles. The quantitative estimate of drug-likeness (QED) is 0.197. The van der Waals surface area contributed by atoms with E-state index in [0.717, 1.165) is 32.1 Å². The molecule has 3 heterocycles. The number of aromatic nitrogens is 1. The molecule has 216 valence electrons. The Labute approximate surface area is 267 Å². The molecule has 0 spiro atoms. The number of aryl methyl sites for hydroxylation is 1. The van der Waals surface area contributed by atoms with Crippen LogP contribution in [0.1, 0.15) is 57.2 Å². The van der Waals surface area contributed by atoms with Gasteiger partial charge in [-0.05, 0) is 115 Å². The van der Waals surface area contributed by atoms with Crippen molar-refractivity contribution in [3.63, 3.8) is 0 Å². The first kappa shape index (κ1) is 25.5. The van der Waals surface area contributed by atoms with Crippen LogP contribution in [0.5, 0.6) is 0 Å². The molecule has 0 saturated heterocycles. The molecule has 4 aromatic carbocycles. The van der Waals surface area contributed by atoms with Gasteiger partial charge in [0.25, 0.3) is 0 Å². The molecule has 0 amide bonds. The molecule has 0 bridgehead atoms. The van der Waals surface area contributed by atoms with Gasteiger partial charge in [-0.15, -0.1) is 11.3 Å². The number of benzene rings is 4. The summed E-state index contributed by atoms with van der Waals surface area (Å²) in [5.41, 5.74) is 15.2. The van der Waals surface area contributed by atoms with E-state index in [0.29, 0.717) is 5.92 Å². The van der Waals surface area contributed by atoms with E-state index in [1.807, 2.05) is 11.3 Å². The molecule has 2 nitrogen and oxygen atoms in total. The summed E-state index contributed by atoms with van der Waals surface area (Å²) < 4.78 is 2.55. The van der Waals surface area contributed by atoms with Gasteiger partial charge < -0.3 is 9.47 Å². The van der Waals surface area contributed by atoms with Crippen LogP contribution in [0.15, 0.2) is 121 Å². The van der Waals surface area contributed by atoms with Crippen molar-refractivity contribution in [1.82, 2.24) is 4.57 Å². The van der Waals surface area contributed by atoms with Crippen molar-refractivity contribution >= 4 is 67.9 Å². The minimum absolute atomic E-state index is 0.353. The largest absolute Gasteiger partial charge is 0.313 e. The van der Waals surface area contributed by atoms with Crippen LogP contribution in [0.25, 0.3) is 45.2 Å². The fourth-order valence-corrected chi connectivity index (χ4v) is 9.51. The Morgan fingerprint density at radius 3 is 2.53 bits per heavy atom. The van der Waals surface area contributed by atoms with Gasteiger partial charge in [0.15, 0.2) is 0 Å². The standard InChI is InChI=1S/C42H32N2S/c1-2-10-29(11-3-1)43-37-15-7-4-12-31(37)34-24-27(18-21-39(34)43)28-19-22-40-35(25-28)32-13-5-8-16-38(32)44(40)30-20-23-42-36(26-30)33-14-6-9-17-41(33)45-42/h1-5,7-13,15-19,21-22,25-26,34H,6,14,20,23-24H2. The molecular formula is C42H32N2S. The highest BCUT2D eigenvalue weighted by atomic mass is 32.1. The molecule has 10 rings (SSSR count). The second-order valence-electron chi connectivity index (χ2n) is 12.7. The molecule has 6 aromatic rings. The summed E-state index contributed by atoms with van der Waals surface area (Å²) in [5.74, 6) is 0.353. The van der Waals surface area contributed by atoms with E-state index >= 15 is 0 Å². The van der Waals surface area contributed by atoms with Crippen molar-refractivity contribution in [2.75, 3.05) is 4.90 Å². The van der Waals surface area contributed by atoms with E-state index in [9.17, 15) is 0 Å². The van der Waals surface area contributed by atoms with Gasteiger partial charge in [-0.3, -0.25) is 0 Å². The number of allylic oxidation sites excluding steroid dienone is 6. The lowest BCUT2D eigenvalue weighted by molar-refractivity contribution is 0.832. The number of nitrogens with zero attached hydrogens (tertiary/aromatic N) is 2. The smallest absolute Gasteiger partial charge is 0.0538 e. The molecule has 45 heavy (non-hydrogen) atoms. The first-order chi connectivity index (χ1) is 22.3. The third kappa shape index (κ3) is 3.80. The number of fused-ring (bicyclic) bond motifs is 9. The third-order valence-electron chi connectivity index (χ3n) is 10.3. The molecule has 1 aliphatic heterocycles. The number of anilines is 2. The van der Waals surface area contributed by atoms with E-state index in [1.165, 1.54) is 71.7 Å². The summed E-state index contributed by atoms with van der Waals surface area (Å²) in [6.07, 6.45) is 17.5. The van der Waals surface area contributed by atoms with E-state index in [4.69, 9.17) is 0 Å². The average Bonchev–Trinajstić information content (AvgIpc) is 3.75. The van der Waals surface area contributed by atoms with Crippen molar-refractivity contribution < 1.29 is 0 Å². The second kappa shape index (κ2) is 9.82. The van der Waals surface area contributed by atoms with Crippen LogP contribution in [0.3, 0.4) is 0 Å². The summed E-state index contributed by atoms with van der Waals surface area (Å²) in [4.78, 5) is 5.49. The third-order valence-corrected chi connectivity index (χ3v) is 11.6. The van der Waals surface area contributed by atoms with Crippen LogP contribution in [0.4, 0.5) is 11.4 Å². The van der Waals surface area contributed by atoms with Gasteiger partial charge in [-0.2, -0.15) is 0 Å². The fraction of sp³-hybridized carbons (Fsp3) is 0.143. The molecule has 0 N–H and O–H groups in total. The Hall–Kier alpha value is -4.86. The minimum Gasteiger partial charge on any atom is -0.313 e. The van der Waals surface area contributed by atoms with Gasteiger partial charge in [0.05, 0.1) is 11.0 Å². The van der Waals surface area contributed by atoms with Crippen molar-refractivity contribution in [3.05, 3.63) is 153 Å². The maximum atomic E-state index is 2.55. The van der Waals surface area contributed by atoms with Crippen molar-refractivity contribution in [3.8, 4) is 0 Å². The van der Waals surface area contributed by atoms with Crippen LogP contribution < -0.4 is 4.90 Å². The van der Waals surface area contributed by atoms with E-state index in [-0.39, 0.29) is 0 Å². The summed E-state index contributed by atoms with van der Waals surface area (Å²) in [6, 6.07) is 35.9. The molecule has 3 aliphatic carbocycles. The normalized spacial score (nSPS) is 18.3. The zero-order chi connectivity index (χ0) is 29.5. The number of para-hydroxylation sites is 3. The van der Waals surface area contributed by atoms with Gasteiger partial charge in [0.2, 0.25) is 0 Å². The predicted molar refractivity (Wildman–Crippen MR) is 192 cm³/mol. The predicted octanol–water partition coefficient (Wildman–Crippen LogP) is 11.4. The number of hydrogen-bond acceptors (Lipinski definition) is 2. The van der Waals surface area contributed by atoms with Crippen molar-refractivity contribution in [2.45, 2.75) is 38.0 Å². The number of thiophene rings is 1. The Bertz CT molecular complexity index is 2310. The minimum atomic E-state index is 0.353. The fourth-order valence-electron chi connectivity index (χ4n) is 8.25. The SMILES string of the molecule is C1=Cc2sc3c(c2CC1)C=C(n1c2ccccc2c2cc(C4=CC=C5C(C4)c4ccccc4N5c4ccccc4)ccc21)CC3. The molecule has 3 heteroatoms. The zero-order valence-electron chi connectivity index (χ0n) is 25.0. The highest BCUT2D eigenvalue weighted by Gasteiger charge is 2.36. The first-order valence-electron chi connectivity index (χ1n) is 16.2. The van der Waals surface area contributed by atoms with Crippen molar-refractivity contribution in [2.24, 2.45) is 0 Å². The molecule has 2 aromatic heterocycles. The number of hydrogen-bond donors (Lipinski definition) is 0. The molecule has 1 unspecified atom stereocenters. The van der Waals surface area contributed by atoms with Crippen molar-refractivity contribution in [1.29, 1.82) is 0 Å². The van der Waals surface area contributed by atoms with Gasteiger partial charge in [-0.1, -0.05) is 72.8 Å². The molecule has 4 aliphatic rings. The Morgan fingerprint density at radius 1 is 0.733 bits per heavy atom. The summed E-state index contributed by atoms with van der Waals surface area (Å²) in [6.45, 7) is 0. The van der Waals surface area contributed by atoms with Gasteiger partial charge in [0.1, 0.15) is 0 Å². The van der Waals surface area contributed by atoms with Crippen LogP contribution in [-0.4, -0.2) is 4.57 Å². The van der Waals surface area contributed by atoms with Crippen LogP contribution in [0.2, 0.25) is 0 Å². The molecule has 0 fully saturated rings. The second-order valence-corrected chi connectivity index (χ2v) is 13.8.